The highest BCUT2D eigenvalue weighted by Gasteiger charge is 2.15. The van der Waals surface area contributed by atoms with Gasteiger partial charge in [-0.05, 0) is 18.2 Å². The van der Waals surface area contributed by atoms with Gasteiger partial charge in [-0.3, -0.25) is 0 Å². The molecule has 2 aromatic heterocycles. The Morgan fingerprint density at radius 2 is 1.56 bits per heavy atom. The van der Waals surface area contributed by atoms with Gasteiger partial charge in [0.2, 0.25) is 0 Å². The van der Waals surface area contributed by atoms with Gasteiger partial charge in [0.1, 0.15) is 0 Å². The summed E-state index contributed by atoms with van der Waals surface area (Å²) in [6, 6.07) is 25.6. The number of aromatic nitrogens is 4. The van der Waals surface area contributed by atoms with Crippen molar-refractivity contribution >= 4 is 33.6 Å². The predicted molar refractivity (Wildman–Crippen MR) is 108 cm³/mol. The molecule has 0 aliphatic heterocycles. The van der Waals surface area contributed by atoms with Gasteiger partial charge < -0.3 is 11.1 Å². The molecule has 6 nitrogen and oxygen atoms in total. The molecule has 0 atom stereocenters. The third kappa shape index (κ3) is 2.64. The first-order chi connectivity index (χ1) is 13.3. The van der Waals surface area contributed by atoms with Crippen LogP contribution in [0.3, 0.4) is 0 Å². The minimum Gasteiger partial charge on any atom is -0.399 e. The fourth-order valence-corrected chi connectivity index (χ4v) is 3.19. The van der Waals surface area contributed by atoms with Crippen LogP contribution in [0.5, 0.6) is 0 Å². The summed E-state index contributed by atoms with van der Waals surface area (Å²) in [7, 11) is 0. The van der Waals surface area contributed by atoms with Crippen LogP contribution in [0.4, 0.5) is 17.2 Å². The van der Waals surface area contributed by atoms with E-state index in [9.17, 15) is 0 Å². The van der Waals surface area contributed by atoms with Crippen LogP contribution < -0.4 is 11.1 Å². The van der Waals surface area contributed by atoms with E-state index in [1.807, 2.05) is 78.9 Å². The van der Waals surface area contributed by atoms with E-state index in [-0.39, 0.29) is 0 Å². The zero-order chi connectivity index (χ0) is 18.2. The number of fused-ring (bicyclic) bond motifs is 3. The summed E-state index contributed by atoms with van der Waals surface area (Å²) in [6.07, 6.45) is 0. The van der Waals surface area contributed by atoms with Gasteiger partial charge in [0.05, 0.1) is 0 Å². The molecule has 0 spiro atoms. The molecule has 5 aromatic rings. The lowest BCUT2D eigenvalue weighted by molar-refractivity contribution is 0.951. The molecule has 0 bridgehead atoms. The molecule has 0 aliphatic rings. The summed E-state index contributed by atoms with van der Waals surface area (Å²) < 4.78 is 1.78. The number of hydrogen-bond donors (Lipinski definition) is 2. The van der Waals surface area contributed by atoms with Crippen molar-refractivity contribution < 1.29 is 0 Å². The van der Waals surface area contributed by atoms with Gasteiger partial charge in [-0.1, -0.05) is 60.7 Å². The van der Waals surface area contributed by atoms with Gasteiger partial charge in [0, 0.05) is 27.7 Å². The molecule has 0 fully saturated rings. The van der Waals surface area contributed by atoms with Crippen molar-refractivity contribution in [3.05, 3.63) is 78.9 Å². The molecule has 0 radical (unpaired) electrons. The van der Waals surface area contributed by atoms with Crippen LogP contribution in [0.2, 0.25) is 0 Å². The van der Waals surface area contributed by atoms with Crippen molar-refractivity contribution in [2.75, 3.05) is 11.1 Å². The zero-order valence-electron chi connectivity index (χ0n) is 14.4. The summed E-state index contributed by atoms with van der Waals surface area (Å²) in [4.78, 5) is 0. The zero-order valence-corrected chi connectivity index (χ0v) is 14.4. The minimum atomic E-state index is 0.694. The molecule has 3 N–H and O–H groups in total. The Balaban J connectivity index is 1.76. The van der Waals surface area contributed by atoms with Crippen molar-refractivity contribution in [2.24, 2.45) is 0 Å². The fourth-order valence-electron chi connectivity index (χ4n) is 3.19. The fraction of sp³-hybridized carbons (Fsp3) is 0. The lowest BCUT2D eigenvalue weighted by Crippen LogP contribution is -2.02. The molecular weight excluding hydrogens is 336 g/mol. The van der Waals surface area contributed by atoms with Gasteiger partial charge in [0.15, 0.2) is 17.3 Å². The van der Waals surface area contributed by atoms with Crippen LogP contribution in [-0.4, -0.2) is 19.8 Å². The van der Waals surface area contributed by atoms with E-state index in [0.29, 0.717) is 11.5 Å². The highest BCUT2D eigenvalue weighted by atomic mass is 15.4. The van der Waals surface area contributed by atoms with Crippen LogP contribution in [0.25, 0.3) is 27.8 Å². The molecule has 130 valence electrons. The van der Waals surface area contributed by atoms with E-state index in [1.165, 1.54) is 0 Å². The average Bonchev–Trinajstić information content (AvgIpc) is 3.13. The molecule has 0 unspecified atom stereocenters. The van der Waals surface area contributed by atoms with E-state index >= 15 is 0 Å². The maximum absolute atomic E-state index is 5.91. The maximum atomic E-state index is 5.91. The number of nitrogens with one attached hydrogen (secondary N) is 1. The van der Waals surface area contributed by atoms with Gasteiger partial charge in [-0.15, -0.1) is 15.3 Å². The number of rotatable bonds is 3. The first-order valence-corrected chi connectivity index (χ1v) is 8.62. The summed E-state index contributed by atoms with van der Waals surface area (Å²) in [6.45, 7) is 0. The minimum absolute atomic E-state index is 0.694. The number of benzene rings is 3. The van der Waals surface area contributed by atoms with Crippen molar-refractivity contribution in [3.63, 3.8) is 0 Å². The number of nitrogens with two attached hydrogens (primary N) is 1. The first kappa shape index (κ1) is 15.3. The second kappa shape index (κ2) is 6.10. The molecule has 0 amide bonds. The van der Waals surface area contributed by atoms with Gasteiger partial charge in [0.25, 0.3) is 0 Å². The molecule has 3 aromatic carbocycles. The van der Waals surface area contributed by atoms with Crippen LogP contribution in [0, 0.1) is 0 Å². The summed E-state index contributed by atoms with van der Waals surface area (Å²) in [5, 5.41) is 18.9. The van der Waals surface area contributed by atoms with Gasteiger partial charge >= 0.3 is 0 Å². The molecule has 0 saturated carbocycles. The lowest BCUT2D eigenvalue weighted by Gasteiger charge is -2.11. The van der Waals surface area contributed by atoms with Crippen LogP contribution >= 0.6 is 0 Å². The van der Waals surface area contributed by atoms with Gasteiger partial charge in [-0.25, -0.2) is 0 Å². The Kier molecular flexibility index (Phi) is 3.47. The predicted octanol–water partition coefficient (Wildman–Crippen LogP) is 4.27. The molecule has 6 heteroatoms. The summed E-state index contributed by atoms with van der Waals surface area (Å²) in [5.74, 6) is 1.42. The lowest BCUT2D eigenvalue weighted by atomic mass is 10.1. The SMILES string of the molecule is Nc1cccc(Nc2nn3c(-c4ccccc4)nnc3c3ccccc23)c1. The van der Waals surface area contributed by atoms with Crippen molar-refractivity contribution in [1.29, 1.82) is 0 Å². The quantitative estimate of drug-likeness (QED) is 0.474. The van der Waals surface area contributed by atoms with Crippen molar-refractivity contribution in [2.45, 2.75) is 0 Å². The number of anilines is 3. The first-order valence-electron chi connectivity index (χ1n) is 8.62. The normalized spacial score (nSPS) is 11.1. The largest absolute Gasteiger partial charge is 0.399 e. The topological polar surface area (TPSA) is 81.1 Å². The molecule has 2 heterocycles. The second-order valence-electron chi connectivity index (χ2n) is 6.27. The molecular formula is C21H16N6. The maximum Gasteiger partial charge on any atom is 0.186 e. The van der Waals surface area contributed by atoms with E-state index in [4.69, 9.17) is 10.8 Å². The Hall–Kier alpha value is -3.93. The van der Waals surface area contributed by atoms with E-state index in [2.05, 4.69) is 15.5 Å². The summed E-state index contributed by atoms with van der Waals surface area (Å²) in [5.41, 5.74) is 9.17. The van der Waals surface area contributed by atoms with E-state index in [1.54, 1.807) is 4.52 Å². The number of nitrogen functional groups attached to an aromatic ring is 1. The van der Waals surface area contributed by atoms with Crippen LogP contribution in [0.15, 0.2) is 78.9 Å². The van der Waals surface area contributed by atoms with Gasteiger partial charge in [-0.2, -0.15) is 4.52 Å². The van der Waals surface area contributed by atoms with E-state index in [0.717, 1.165) is 33.5 Å². The molecule has 0 saturated heterocycles. The van der Waals surface area contributed by atoms with Crippen molar-refractivity contribution in [1.82, 2.24) is 19.8 Å². The number of hydrogen-bond acceptors (Lipinski definition) is 5. The Morgan fingerprint density at radius 1 is 0.778 bits per heavy atom. The second-order valence-corrected chi connectivity index (χ2v) is 6.27. The van der Waals surface area contributed by atoms with Crippen LogP contribution in [0.1, 0.15) is 0 Å². The molecule has 27 heavy (non-hydrogen) atoms. The third-order valence-corrected chi connectivity index (χ3v) is 4.45. The highest BCUT2D eigenvalue weighted by molar-refractivity contribution is 6.01. The highest BCUT2D eigenvalue weighted by Crippen LogP contribution is 2.29. The molecule has 5 rings (SSSR count). The monoisotopic (exact) mass is 352 g/mol. The van der Waals surface area contributed by atoms with E-state index < -0.39 is 0 Å². The Labute approximate surface area is 155 Å². The summed E-state index contributed by atoms with van der Waals surface area (Å²) >= 11 is 0. The average molecular weight is 352 g/mol. The Bertz CT molecular complexity index is 1260. The Morgan fingerprint density at radius 3 is 2.37 bits per heavy atom. The standard InChI is InChI=1S/C21H16N6/c22-15-9-6-10-16(13-15)23-19-17-11-4-5-12-18(17)21-25-24-20(27(21)26-19)14-7-2-1-3-8-14/h1-13H,22H2,(H,23,26). The third-order valence-electron chi connectivity index (χ3n) is 4.45. The molecule has 0 aliphatic carbocycles. The number of nitrogens with zero attached hydrogens (tertiary/aromatic N) is 4. The smallest absolute Gasteiger partial charge is 0.186 e. The van der Waals surface area contributed by atoms with Crippen LogP contribution in [-0.2, 0) is 0 Å². The van der Waals surface area contributed by atoms with Crippen molar-refractivity contribution in [3.8, 4) is 11.4 Å².